The normalized spacial score (nSPS) is 24.9. The average Bonchev–Trinajstić information content (AvgIpc) is 3.43. The molecule has 3 aliphatic rings. The molecule has 2 aromatic rings. The number of nitrogens with zero attached hydrogens (tertiary/aromatic N) is 2. The highest BCUT2D eigenvalue weighted by Crippen LogP contribution is 2.60. The van der Waals surface area contributed by atoms with Crippen LogP contribution < -0.4 is 4.90 Å². The van der Waals surface area contributed by atoms with Crippen molar-refractivity contribution in [1.29, 1.82) is 0 Å². The fourth-order valence-corrected chi connectivity index (χ4v) is 7.22. The van der Waals surface area contributed by atoms with Gasteiger partial charge in [-0.3, -0.25) is 9.59 Å². The van der Waals surface area contributed by atoms with E-state index >= 15 is 0 Å². The molecule has 1 unspecified atom stereocenters. The van der Waals surface area contributed by atoms with Crippen molar-refractivity contribution >= 4 is 29.3 Å². The summed E-state index contributed by atoms with van der Waals surface area (Å²) in [4.78, 5) is 30.8. The van der Waals surface area contributed by atoms with Crippen molar-refractivity contribution < 1.29 is 9.59 Å². The van der Waals surface area contributed by atoms with Crippen LogP contribution in [0.2, 0.25) is 0 Å². The van der Waals surface area contributed by atoms with Crippen LogP contribution in [0.3, 0.4) is 0 Å². The van der Waals surface area contributed by atoms with Crippen molar-refractivity contribution in [1.82, 2.24) is 4.90 Å². The fourth-order valence-electron chi connectivity index (χ4n) is 5.48. The number of amides is 2. The third-order valence-corrected chi connectivity index (χ3v) is 8.59. The van der Waals surface area contributed by atoms with E-state index in [0.717, 1.165) is 42.5 Å². The lowest BCUT2D eigenvalue weighted by molar-refractivity contribution is -0.143. The lowest BCUT2D eigenvalue weighted by Gasteiger charge is -2.34. The van der Waals surface area contributed by atoms with E-state index in [1.807, 2.05) is 40.1 Å². The Bertz CT molecular complexity index is 1040. The van der Waals surface area contributed by atoms with E-state index in [4.69, 9.17) is 0 Å². The van der Waals surface area contributed by atoms with Gasteiger partial charge in [0.05, 0.1) is 12.2 Å². The van der Waals surface area contributed by atoms with Crippen molar-refractivity contribution in [2.24, 2.45) is 5.92 Å². The van der Waals surface area contributed by atoms with Gasteiger partial charge < -0.3 is 9.80 Å². The molecule has 1 aliphatic carbocycles. The van der Waals surface area contributed by atoms with Gasteiger partial charge >= 0.3 is 0 Å². The first-order chi connectivity index (χ1) is 14.8. The number of para-hydroxylation sites is 1. The van der Waals surface area contributed by atoms with Crippen molar-refractivity contribution in [3.8, 4) is 0 Å². The Kier molecular flexibility index (Phi) is 4.93. The molecule has 0 aromatic heterocycles. The number of rotatable bonds is 3. The van der Waals surface area contributed by atoms with Crippen LogP contribution in [0.25, 0.3) is 0 Å². The maximum absolute atomic E-state index is 14.2. The van der Waals surface area contributed by atoms with Gasteiger partial charge in [-0.1, -0.05) is 55.3 Å². The third kappa shape index (κ3) is 3.20. The van der Waals surface area contributed by atoms with Gasteiger partial charge in [0.15, 0.2) is 4.87 Å². The third-order valence-electron chi connectivity index (χ3n) is 7.00. The van der Waals surface area contributed by atoms with Gasteiger partial charge in [-0.25, -0.2) is 0 Å². The topological polar surface area (TPSA) is 40.6 Å². The number of carbonyl (C=O) groups is 2. The van der Waals surface area contributed by atoms with Gasteiger partial charge in [-0.2, -0.15) is 0 Å². The quantitative estimate of drug-likeness (QED) is 0.663. The molecule has 1 saturated heterocycles. The summed E-state index contributed by atoms with van der Waals surface area (Å²) >= 11 is 1.66. The van der Waals surface area contributed by atoms with Crippen LogP contribution in [0.4, 0.5) is 5.69 Å². The number of aryl methyl sites for hydroxylation is 1. The Morgan fingerprint density at radius 1 is 1.06 bits per heavy atom. The number of benzene rings is 2. The zero-order chi connectivity index (χ0) is 21.8. The second kappa shape index (κ2) is 7.40. The number of thioether (sulfide) groups is 1. The molecule has 162 valence electrons. The van der Waals surface area contributed by atoms with Crippen LogP contribution in [0, 0.1) is 12.8 Å². The molecule has 1 atom stereocenters. The molecule has 2 amide bonds. The van der Waals surface area contributed by atoms with Gasteiger partial charge in [-0.05, 0) is 50.8 Å². The van der Waals surface area contributed by atoms with Crippen LogP contribution >= 0.6 is 11.8 Å². The summed E-state index contributed by atoms with van der Waals surface area (Å²) in [6.45, 7) is 7.52. The lowest BCUT2D eigenvalue weighted by Crippen LogP contribution is -2.51. The second-order valence-corrected chi connectivity index (χ2v) is 11.6. The summed E-state index contributed by atoms with van der Waals surface area (Å²) in [6.07, 6.45) is 4.11. The van der Waals surface area contributed by atoms with E-state index in [2.05, 4.69) is 39.0 Å². The van der Waals surface area contributed by atoms with E-state index < -0.39 is 4.87 Å². The van der Waals surface area contributed by atoms with Crippen LogP contribution in [-0.2, 0) is 21.0 Å². The molecule has 0 radical (unpaired) electrons. The molecule has 1 saturated carbocycles. The molecule has 31 heavy (non-hydrogen) atoms. The number of carbonyl (C=O) groups excluding carboxylic acids is 2. The lowest BCUT2D eigenvalue weighted by atomic mass is 10.00. The van der Waals surface area contributed by atoms with E-state index in [0.29, 0.717) is 13.1 Å². The molecule has 0 bridgehead atoms. The van der Waals surface area contributed by atoms with E-state index in [1.165, 1.54) is 5.56 Å². The predicted molar refractivity (Wildman–Crippen MR) is 126 cm³/mol. The molecule has 2 fully saturated rings. The minimum Gasteiger partial charge on any atom is -0.314 e. The summed E-state index contributed by atoms with van der Waals surface area (Å²) in [5.74, 6) is 0.243. The van der Waals surface area contributed by atoms with Crippen molar-refractivity contribution in [2.45, 2.75) is 62.6 Å². The summed E-state index contributed by atoms with van der Waals surface area (Å²) < 4.78 is -0.185. The summed E-state index contributed by atoms with van der Waals surface area (Å²) in [6, 6.07) is 16.3. The second-order valence-electron chi connectivity index (χ2n) is 9.75. The molecule has 2 heterocycles. The zero-order valence-corrected chi connectivity index (χ0v) is 19.4. The molecule has 4 nitrogen and oxygen atoms in total. The number of hydrogen-bond donors (Lipinski definition) is 0. The summed E-state index contributed by atoms with van der Waals surface area (Å²) in [5, 5.41) is 0. The highest BCUT2D eigenvalue weighted by atomic mass is 32.2. The standard InChI is InChI=1S/C26H30N2O2S/c1-18-10-4-5-13-20(18)16-27-22-15-9-8-14-21(22)26(24(27)30)28(17-25(2,3)31-26)23(29)19-11-6-7-12-19/h4-5,8-10,13-15,19H,6-7,11-12,16-17H2,1-3H3. The molecular formula is C26H30N2O2S. The molecular weight excluding hydrogens is 404 g/mol. The fraction of sp³-hybridized carbons (Fsp3) is 0.462. The highest BCUT2D eigenvalue weighted by Gasteiger charge is 2.64. The Morgan fingerprint density at radius 3 is 2.48 bits per heavy atom. The van der Waals surface area contributed by atoms with Crippen LogP contribution in [0.5, 0.6) is 0 Å². The Labute approximate surface area is 189 Å². The zero-order valence-electron chi connectivity index (χ0n) is 18.6. The van der Waals surface area contributed by atoms with Crippen molar-refractivity contribution in [3.05, 3.63) is 65.2 Å². The Hall–Kier alpha value is -2.27. The molecule has 2 aliphatic heterocycles. The number of fused-ring (bicyclic) bond motifs is 2. The van der Waals surface area contributed by atoms with E-state index in [1.54, 1.807) is 11.8 Å². The van der Waals surface area contributed by atoms with E-state index in [9.17, 15) is 9.59 Å². The predicted octanol–water partition coefficient (Wildman–Crippen LogP) is 5.24. The van der Waals surface area contributed by atoms with Crippen LogP contribution in [-0.4, -0.2) is 28.0 Å². The monoisotopic (exact) mass is 434 g/mol. The van der Waals surface area contributed by atoms with Gasteiger partial charge in [0.2, 0.25) is 5.91 Å². The van der Waals surface area contributed by atoms with Gasteiger partial charge in [0.25, 0.3) is 5.91 Å². The van der Waals surface area contributed by atoms with Crippen LogP contribution in [0.1, 0.15) is 56.2 Å². The SMILES string of the molecule is Cc1ccccc1CN1C(=O)C2(SC(C)(C)CN2C(=O)C2CCCC2)c2ccccc21. The van der Waals surface area contributed by atoms with Crippen molar-refractivity contribution in [2.75, 3.05) is 11.4 Å². The van der Waals surface area contributed by atoms with Gasteiger partial charge in [0.1, 0.15) is 0 Å². The molecule has 2 aromatic carbocycles. The number of anilines is 1. The van der Waals surface area contributed by atoms with Crippen molar-refractivity contribution in [3.63, 3.8) is 0 Å². The molecule has 1 spiro atoms. The van der Waals surface area contributed by atoms with Gasteiger partial charge in [0, 0.05) is 22.8 Å². The average molecular weight is 435 g/mol. The first-order valence-electron chi connectivity index (χ1n) is 11.3. The minimum absolute atomic E-state index is 0.0267. The largest absolute Gasteiger partial charge is 0.314 e. The first kappa shape index (κ1) is 20.6. The maximum atomic E-state index is 14.2. The summed E-state index contributed by atoms with van der Waals surface area (Å²) in [5.41, 5.74) is 4.21. The van der Waals surface area contributed by atoms with E-state index in [-0.39, 0.29) is 22.5 Å². The summed E-state index contributed by atoms with van der Waals surface area (Å²) in [7, 11) is 0. The maximum Gasteiger partial charge on any atom is 0.268 e. The van der Waals surface area contributed by atoms with Crippen LogP contribution in [0.15, 0.2) is 48.5 Å². The smallest absolute Gasteiger partial charge is 0.268 e. The molecule has 0 N–H and O–H groups in total. The van der Waals surface area contributed by atoms with Gasteiger partial charge in [-0.15, -0.1) is 11.8 Å². The molecule has 5 heteroatoms. The first-order valence-corrected chi connectivity index (χ1v) is 12.1. The highest BCUT2D eigenvalue weighted by molar-refractivity contribution is 8.02. The molecule has 5 rings (SSSR count). The Balaban J connectivity index is 1.61. The Morgan fingerprint density at radius 2 is 1.74 bits per heavy atom. The minimum atomic E-state index is -0.956. The number of hydrogen-bond acceptors (Lipinski definition) is 3.